The number of piperidine rings is 2. The van der Waals surface area contributed by atoms with Crippen molar-refractivity contribution >= 4 is 63.1 Å². The van der Waals surface area contributed by atoms with Crippen LogP contribution >= 0.6 is 11.3 Å². The van der Waals surface area contributed by atoms with Crippen molar-refractivity contribution in [1.82, 2.24) is 29.7 Å². The zero-order valence-electron chi connectivity index (χ0n) is 36.7. The van der Waals surface area contributed by atoms with E-state index in [0.717, 1.165) is 30.4 Å². The van der Waals surface area contributed by atoms with Crippen molar-refractivity contribution in [1.29, 1.82) is 0 Å². The number of aromatic nitrogens is 3. The summed E-state index contributed by atoms with van der Waals surface area (Å²) in [5, 5.41) is 10.1. The Morgan fingerprint density at radius 3 is 2.43 bits per heavy atom. The number of imidazole rings is 1. The van der Waals surface area contributed by atoms with Crippen LogP contribution in [0.25, 0.3) is 11.1 Å². The number of aryl methyl sites for hydroxylation is 1. The van der Waals surface area contributed by atoms with Crippen LogP contribution in [0.4, 0.5) is 39.8 Å². The second-order valence-corrected chi connectivity index (χ2v) is 19.8. The third kappa shape index (κ3) is 7.90. The van der Waals surface area contributed by atoms with Crippen LogP contribution in [0.5, 0.6) is 0 Å². The van der Waals surface area contributed by atoms with Crippen LogP contribution in [0.1, 0.15) is 65.5 Å². The Morgan fingerprint density at radius 2 is 1.69 bits per heavy atom. The Labute approximate surface area is 391 Å². The molecule has 6 aliphatic heterocycles. The summed E-state index contributed by atoms with van der Waals surface area (Å²) < 4.78 is 64.3. The van der Waals surface area contributed by atoms with Gasteiger partial charge in [-0.25, -0.2) is 27.5 Å². The summed E-state index contributed by atoms with van der Waals surface area (Å²) in [6.45, 7) is 2.35. The van der Waals surface area contributed by atoms with Gasteiger partial charge in [-0.2, -0.15) is 0 Å². The molecule has 0 radical (unpaired) electrons. The summed E-state index contributed by atoms with van der Waals surface area (Å²) in [7, 11) is 0. The molecule has 20 heteroatoms. The quantitative estimate of drug-likeness (QED) is 0.106. The van der Waals surface area contributed by atoms with E-state index in [1.54, 1.807) is 28.9 Å². The highest BCUT2D eigenvalue weighted by Crippen LogP contribution is 2.45. The fourth-order valence-corrected chi connectivity index (χ4v) is 11.3. The smallest absolute Gasteiger partial charge is 0.268 e. The molecular weight excluding hydrogens is 905 g/mol. The number of rotatable bonds is 11. The van der Waals surface area contributed by atoms with Gasteiger partial charge in [0.2, 0.25) is 17.7 Å². The molecule has 4 fully saturated rings. The van der Waals surface area contributed by atoms with Crippen LogP contribution in [0, 0.1) is 23.0 Å². The summed E-state index contributed by atoms with van der Waals surface area (Å²) in [6, 6.07) is 12.9. The Bertz CT molecular complexity index is 2860. The molecule has 6 aliphatic rings. The maximum Gasteiger partial charge on any atom is 0.268 e. The van der Waals surface area contributed by atoms with Crippen molar-refractivity contribution in [3.63, 3.8) is 0 Å². The molecule has 15 nitrogen and oxygen atoms in total. The minimum absolute atomic E-state index is 0.00530. The number of alkyl halides is 2. The van der Waals surface area contributed by atoms with Gasteiger partial charge in [-0.3, -0.25) is 34.6 Å². The number of carbonyl (C=O) groups excluding carboxylic acids is 5. The van der Waals surface area contributed by atoms with Crippen LogP contribution in [-0.2, 0) is 38.7 Å². The van der Waals surface area contributed by atoms with Crippen molar-refractivity contribution in [3.8, 4) is 11.1 Å². The van der Waals surface area contributed by atoms with Gasteiger partial charge >= 0.3 is 0 Å². The Balaban J connectivity index is 0.681. The van der Waals surface area contributed by atoms with E-state index in [1.165, 1.54) is 39.3 Å². The highest BCUT2D eigenvalue weighted by atomic mass is 32.1. The van der Waals surface area contributed by atoms with Gasteiger partial charge in [-0.1, -0.05) is 12.1 Å². The normalized spacial score (nSPS) is 21.8. The minimum atomic E-state index is -3.24. The molecule has 5 amide bonds. The number of hydrogen-bond acceptors (Lipinski definition) is 11. The number of amides is 5. The van der Waals surface area contributed by atoms with E-state index in [0.29, 0.717) is 60.2 Å². The lowest BCUT2D eigenvalue weighted by molar-refractivity contribution is -0.151. The first-order chi connectivity index (χ1) is 32.7. The summed E-state index contributed by atoms with van der Waals surface area (Å²) >= 11 is 1.25. The van der Waals surface area contributed by atoms with Gasteiger partial charge in [0.15, 0.2) is 11.2 Å². The zero-order chi connectivity index (χ0) is 47.1. The third-order valence-corrected chi connectivity index (χ3v) is 15.0. The molecular formula is C48H46F4N10O5S. The number of benzene rings is 3. The zero-order valence-corrected chi connectivity index (χ0v) is 37.5. The predicted molar refractivity (Wildman–Crippen MR) is 243 cm³/mol. The van der Waals surface area contributed by atoms with Crippen LogP contribution in [0.3, 0.4) is 0 Å². The second-order valence-electron chi connectivity index (χ2n) is 18.9. The molecule has 0 saturated carbocycles. The van der Waals surface area contributed by atoms with Gasteiger partial charge in [0.1, 0.15) is 17.7 Å². The number of nitrogens with zero attached hydrogens (tertiary/aromatic N) is 7. The summed E-state index contributed by atoms with van der Waals surface area (Å²) in [6.07, 6.45) is 4.97. The number of thiazole rings is 1. The molecule has 352 valence electrons. The van der Waals surface area contributed by atoms with Gasteiger partial charge in [-0.05, 0) is 79.3 Å². The van der Waals surface area contributed by atoms with E-state index >= 15 is 17.6 Å². The summed E-state index contributed by atoms with van der Waals surface area (Å²) in [5.41, 5.74) is 4.07. The van der Waals surface area contributed by atoms with E-state index in [-0.39, 0.29) is 72.8 Å². The molecule has 4 saturated heterocycles. The number of halogens is 4. The van der Waals surface area contributed by atoms with E-state index in [1.807, 2.05) is 28.8 Å². The lowest BCUT2D eigenvalue weighted by Gasteiger charge is -2.61. The molecule has 2 aromatic heterocycles. The van der Waals surface area contributed by atoms with Crippen LogP contribution in [0.2, 0.25) is 0 Å². The molecule has 0 aliphatic carbocycles. The van der Waals surface area contributed by atoms with Crippen LogP contribution < -0.4 is 25.8 Å². The van der Waals surface area contributed by atoms with Crippen molar-refractivity contribution in [2.45, 2.75) is 69.6 Å². The molecule has 3 atom stereocenters. The summed E-state index contributed by atoms with van der Waals surface area (Å²) in [5.74, 6) is -7.83. The van der Waals surface area contributed by atoms with E-state index in [9.17, 15) is 24.0 Å². The highest BCUT2D eigenvalue weighted by molar-refractivity contribution is 7.13. The lowest BCUT2D eigenvalue weighted by Crippen LogP contribution is -2.73. The summed E-state index contributed by atoms with van der Waals surface area (Å²) in [4.78, 5) is 80.1. The molecule has 11 rings (SSSR count). The molecule has 5 aromatic rings. The molecule has 3 N–H and O–H groups in total. The van der Waals surface area contributed by atoms with Gasteiger partial charge in [0.25, 0.3) is 17.7 Å². The predicted octanol–water partition coefficient (Wildman–Crippen LogP) is 5.98. The minimum Gasteiger partial charge on any atom is -0.374 e. The molecule has 3 aromatic carbocycles. The fraction of sp³-hybridized carbons (Fsp3) is 0.396. The first-order valence-corrected chi connectivity index (χ1v) is 23.6. The van der Waals surface area contributed by atoms with E-state index in [2.05, 4.69) is 30.8 Å². The fourth-order valence-electron chi connectivity index (χ4n) is 10.8. The van der Waals surface area contributed by atoms with Crippen molar-refractivity contribution in [3.05, 3.63) is 107 Å². The van der Waals surface area contributed by atoms with E-state index in [4.69, 9.17) is 0 Å². The number of likely N-dealkylation sites (tertiary alicyclic amines) is 1. The van der Waals surface area contributed by atoms with Crippen LogP contribution in [0.15, 0.2) is 72.5 Å². The Morgan fingerprint density at radius 1 is 0.882 bits per heavy atom. The molecule has 0 bridgehead atoms. The number of carbonyl (C=O) groups is 5. The third-order valence-electron chi connectivity index (χ3n) is 14.3. The monoisotopic (exact) mass is 950 g/mol. The first-order valence-electron chi connectivity index (χ1n) is 22.7. The second kappa shape index (κ2) is 16.7. The number of nitrogens with one attached hydrogen (secondary N) is 3. The highest BCUT2D eigenvalue weighted by Gasteiger charge is 2.54. The lowest BCUT2D eigenvalue weighted by atomic mass is 9.72. The number of anilines is 4. The average molecular weight is 951 g/mol. The van der Waals surface area contributed by atoms with E-state index < -0.39 is 59.8 Å². The standard InChI is InChI=1S/C48H46F4N10O5S/c49-34-17-28(16-32-33(34)20-62(45(32)67)42(44(66)57-46-53-12-15-68-46)41-38-2-1-13-59(38)26-54-41)27-3-6-31(7-4-27)60-21-47(22-60)23-61(24-47)40(64)18-29-11-14-58(25-48(29,51)52)37-9-5-30(19-35(37)50)55-36-8-10-39(63)56-43(36)65/h3-7,9,12,15-17,19,26,29,36,42,55H,1-2,8,10-11,13-14,18,20-25H2,(H,53,57,66)(H,56,63,65). The number of hydrogen-bond donors (Lipinski definition) is 3. The number of fused-ring (bicyclic) bond motifs is 2. The van der Waals surface area contributed by atoms with Gasteiger partial charge in [0, 0.05) is 103 Å². The van der Waals surface area contributed by atoms with Gasteiger partial charge < -0.3 is 29.5 Å². The largest absolute Gasteiger partial charge is 0.374 e. The SMILES string of the molecule is O=C1CCC(Nc2ccc(N3CCC(CC(=O)N4CC5(C4)CN(c4ccc(-c6cc(F)c7c(c6)C(=O)N(C(C(=O)Nc6nccs6)c6ncn8c6CCC8)C7)cc4)C5)C(F)(F)C3)c(F)c2)C(=O)N1. The van der Waals surface area contributed by atoms with Crippen LogP contribution in [-0.4, -0.2) is 105 Å². The Kier molecular flexibility index (Phi) is 10.8. The molecule has 68 heavy (non-hydrogen) atoms. The van der Waals surface area contributed by atoms with Crippen molar-refractivity contribution in [2.24, 2.45) is 11.3 Å². The van der Waals surface area contributed by atoms with Crippen molar-refractivity contribution in [2.75, 3.05) is 59.7 Å². The maximum atomic E-state index is 15.9. The topological polar surface area (TPSA) is 165 Å². The molecule has 1 spiro atoms. The van der Waals surface area contributed by atoms with Gasteiger partial charge in [-0.15, -0.1) is 11.3 Å². The maximum absolute atomic E-state index is 15.9. The average Bonchev–Trinajstić information content (AvgIpc) is 4.10. The van der Waals surface area contributed by atoms with Gasteiger partial charge in [0.05, 0.1) is 30.8 Å². The Hall–Kier alpha value is -6.83. The molecule has 3 unspecified atom stereocenters. The molecule has 8 heterocycles. The first kappa shape index (κ1) is 43.7. The number of imide groups is 1. The van der Waals surface area contributed by atoms with Crippen molar-refractivity contribution < 1.29 is 41.5 Å².